The summed E-state index contributed by atoms with van der Waals surface area (Å²) in [6.45, 7) is 3.81. The van der Waals surface area contributed by atoms with Crippen molar-refractivity contribution >= 4 is 5.82 Å². The fourth-order valence-electron chi connectivity index (χ4n) is 6.56. The SMILES string of the molecule is CC1(C)O[C@@H]2[C@H](O1)[C@@H](COC(c1ccccc1)(c1ccccc1)c1ccccc1)O[C@H]2n1cc(-c2ccccc2)c(NO)nc1=O. The predicted molar refractivity (Wildman–Crippen MR) is 172 cm³/mol. The number of hydrogen-bond acceptors (Lipinski definition) is 8. The molecule has 2 fully saturated rings. The average molecular weight is 618 g/mol. The predicted octanol–water partition coefficient (Wildman–Crippen LogP) is 6.14. The van der Waals surface area contributed by atoms with Crippen molar-refractivity contribution in [3.63, 3.8) is 0 Å². The van der Waals surface area contributed by atoms with Crippen molar-refractivity contribution < 1.29 is 24.2 Å². The van der Waals surface area contributed by atoms with Crippen LogP contribution in [-0.4, -0.2) is 45.5 Å². The van der Waals surface area contributed by atoms with Crippen LogP contribution in [0.1, 0.15) is 36.8 Å². The molecule has 46 heavy (non-hydrogen) atoms. The van der Waals surface area contributed by atoms with Gasteiger partial charge in [0, 0.05) is 11.8 Å². The van der Waals surface area contributed by atoms with Gasteiger partial charge in [0.25, 0.3) is 0 Å². The van der Waals surface area contributed by atoms with E-state index >= 15 is 0 Å². The van der Waals surface area contributed by atoms with E-state index in [1.165, 1.54) is 4.57 Å². The van der Waals surface area contributed by atoms with Gasteiger partial charge in [-0.2, -0.15) is 4.98 Å². The Balaban J connectivity index is 1.28. The van der Waals surface area contributed by atoms with Crippen molar-refractivity contribution in [3.05, 3.63) is 155 Å². The minimum atomic E-state index is -0.969. The molecule has 4 atom stereocenters. The molecule has 7 rings (SSSR count). The minimum absolute atomic E-state index is 0.0455. The Morgan fingerprint density at radius 1 is 0.804 bits per heavy atom. The maximum atomic E-state index is 13.4. The van der Waals surface area contributed by atoms with E-state index in [2.05, 4.69) is 46.9 Å². The molecule has 9 nitrogen and oxygen atoms in total. The number of ether oxygens (including phenoxy) is 4. The van der Waals surface area contributed by atoms with Gasteiger partial charge >= 0.3 is 5.69 Å². The van der Waals surface area contributed by atoms with Crippen LogP contribution in [0, 0.1) is 0 Å². The third-order valence-electron chi connectivity index (χ3n) is 8.55. The molecule has 0 saturated carbocycles. The highest BCUT2D eigenvalue weighted by atomic mass is 16.8. The average Bonchev–Trinajstić information content (AvgIpc) is 3.59. The van der Waals surface area contributed by atoms with E-state index in [9.17, 15) is 10.0 Å². The van der Waals surface area contributed by atoms with Crippen molar-refractivity contribution in [3.8, 4) is 11.1 Å². The number of hydrogen-bond donors (Lipinski definition) is 2. The Morgan fingerprint density at radius 3 is 1.83 bits per heavy atom. The summed E-state index contributed by atoms with van der Waals surface area (Å²) < 4.78 is 27.9. The molecule has 2 aliphatic heterocycles. The van der Waals surface area contributed by atoms with Gasteiger partial charge in [0.2, 0.25) is 0 Å². The molecule has 0 aliphatic carbocycles. The van der Waals surface area contributed by atoms with Crippen molar-refractivity contribution in [1.29, 1.82) is 0 Å². The van der Waals surface area contributed by atoms with E-state index in [4.69, 9.17) is 18.9 Å². The lowest BCUT2D eigenvalue weighted by atomic mass is 9.80. The van der Waals surface area contributed by atoms with E-state index < -0.39 is 41.6 Å². The van der Waals surface area contributed by atoms with Crippen LogP contribution in [0.2, 0.25) is 0 Å². The van der Waals surface area contributed by atoms with Gasteiger partial charge in [-0.25, -0.2) is 4.79 Å². The number of rotatable bonds is 9. The van der Waals surface area contributed by atoms with Gasteiger partial charge in [-0.05, 0) is 36.1 Å². The zero-order chi connectivity index (χ0) is 31.7. The van der Waals surface area contributed by atoms with E-state index in [0.29, 0.717) is 5.56 Å². The normalized spacial score (nSPS) is 22.0. The minimum Gasteiger partial charge on any atom is -0.358 e. The fourth-order valence-corrected chi connectivity index (χ4v) is 6.56. The lowest BCUT2D eigenvalue weighted by molar-refractivity contribution is -0.205. The van der Waals surface area contributed by atoms with Gasteiger partial charge in [0.05, 0.1) is 6.61 Å². The first kappa shape index (κ1) is 30.0. The summed E-state index contributed by atoms with van der Waals surface area (Å²) in [6, 6.07) is 39.7. The second-order valence-electron chi connectivity index (χ2n) is 11.9. The van der Waals surface area contributed by atoms with E-state index in [1.807, 2.05) is 98.8 Å². The van der Waals surface area contributed by atoms with Crippen LogP contribution < -0.4 is 11.2 Å². The molecule has 3 heterocycles. The zero-order valence-corrected chi connectivity index (χ0v) is 25.5. The zero-order valence-electron chi connectivity index (χ0n) is 25.5. The Bertz CT molecular complexity index is 1740. The molecule has 0 spiro atoms. The second-order valence-corrected chi connectivity index (χ2v) is 11.9. The second kappa shape index (κ2) is 12.3. The topological polar surface area (TPSA) is 104 Å². The fraction of sp³-hybridized carbons (Fsp3) is 0.243. The maximum absolute atomic E-state index is 13.4. The summed E-state index contributed by atoms with van der Waals surface area (Å²) >= 11 is 0. The van der Waals surface area contributed by atoms with Crippen LogP contribution >= 0.6 is 0 Å². The molecule has 0 radical (unpaired) electrons. The molecule has 2 saturated heterocycles. The molecular weight excluding hydrogens is 582 g/mol. The molecule has 1 aromatic heterocycles. The van der Waals surface area contributed by atoms with Crippen LogP contribution in [0.5, 0.6) is 0 Å². The Labute approximate surface area is 266 Å². The third-order valence-corrected chi connectivity index (χ3v) is 8.55. The number of aromatic nitrogens is 2. The van der Waals surface area contributed by atoms with Gasteiger partial charge < -0.3 is 18.9 Å². The third kappa shape index (κ3) is 5.42. The Kier molecular flexibility index (Phi) is 8.02. The number of anilines is 1. The van der Waals surface area contributed by atoms with Gasteiger partial charge in [-0.1, -0.05) is 121 Å². The molecule has 0 unspecified atom stereocenters. The summed E-state index contributed by atoms with van der Waals surface area (Å²) in [6.07, 6.45) is -1.00. The van der Waals surface area contributed by atoms with E-state index in [1.54, 1.807) is 6.20 Å². The highest BCUT2D eigenvalue weighted by Crippen LogP contribution is 2.46. The van der Waals surface area contributed by atoms with Crippen LogP contribution in [0.4, 0.5) is 5.82 Å². The van der Waals surface area contributed by atoms with Crippen LogP contribution in [0.25, 0.3) is 11.1 Å². The molecule has 234 valence electrons. The molecule has 2 aliphatic rings. The van der Waals surface area contributed by atoms with Crippen molar-refractivity contribution in [2.75, 3.05) is 12.1 Å². The van der Waals surface area contributed by atoms with Crippen molar-refractivity contribution in [2.45, 2.75) is 49.8 Å². The smallest absolute Gasteiger partial charge is 0.351 e. The lowest BCUT2D eigenvalue weighted by Crippen LogP contribution is -2.39. The Hall–Kier alpha value is -4.64. The Morgan fingerprint density at radius 2 is 1.30 bits per heavy atom. The maximum Gasteiger partial charge on any atom is 0.351 e. The molecule has 5 aromatic rings. The van der Waals surface area contributed by atoms with Gasteiger partial charge in [0.1, 0.15) is 23.9 Å². The molecule has 2 N–H and O–H groups in total. The monoisotopic (exact) mass is 617 g/mol. The number of benzene rings is 4. The molecule has 9 heteroatoms. The summed E-state index contributed by atoms with van der Waals surface area (Å²) in [7, 11) is 0. The first-order valence-corrected chi connectivity index (χ1v) is 15.3. The van der Waals surface area contributed by atoms with Crippen molar-refractivity contribution in [2.24, 2.45) is 0 Å². The molecule has 0 bridgehead atoms. The number of fused-ring (bicyclic) bond motifs is 1. The summed E-state index contributed by atoms with van der Waals surface area (Å²) in [5.41, 5.74) is 4.65. The molecular formula is C37H35N3O6. The van der Waals surface area contributed by atoms with Crippen LogP contribution in [0.3, 0.4) is 0 Å². The van der Waals surface area contributed by atoms with Gasteiger partial charge in [-0.3, -0.25) is 15.3 Å². The molecule has 0 amide bonds. The van der Waals surface area contributed by atoms with Crippen molar-refractivity contribution in [1.82, 2.24) is 9.55 Å². The van der Waals surface area contributed by atoms with Gasteiger partial charge in [0.15, 0.2) is 17.8 Å². The summed E-state index contributed by atoms with van der Waals surface area (Å²) in [5.74, 6) is -0.874. The largest absolute Gasteiger partial charge is 0.358 e. The first-order chi connectivity index (χ1) is 22.4. The number of nitrogens with one attached hydrogen (secondary N) is 1. The number of nitrogens with zero attached hydrogens (tertiary/aromatic N) is 2. The van der Waals surface area contributed by atoms with E-state index in [-0.39, 0.29) is 12.4 Å². The summed E-state index contributed by atoms with van der Waals surface area (Å²) in [5, 5.41) is 9.80. The quantitative estimate of drug-likeness (QED) is 0.150. The van der Waals surface area contributed by atoms with Crippen LogP contribution in [-0.2, 0) is 24.5 Å². The molecule has 4 aromatic carbocycles. The highest BCUT2D eigenvalue weighted by molar-refractivity contribution is 5.73. The lowest BCUT2D eigenvalue weighted by Gasteiger charge is -2.37. The highest BCUT2D eigenvalue weighted by Gasteiger charge is 2.57. The van der Waals surface area contributed by atoms with Crippen LogP contribution in [0.15, 0.2) is 132 Å². The van der Waals surface area contributed by atoms with E-state index in [0.717, 1.165) is 22.3 Å². The standard InChI is InChI=1S/C37H35N3O6/c1-36(2)45-31-30(44-34(32(31)46-36)40-23-29(25-15-7-3-8-16-25)33(39-42)38-35(40)41)24-43-37(26-17-9-4-10-18-26,27-19-11-5-12-20-27)28-21-13-6-14-22-28/h3-23,30-32,34,42H,24H2,1-2H3,(H,38,39,41)/t30-,31-,32-,34-/m1/s1. The first-order valence-electron chi connectivity index (χ1n) is 15.3. The van der Waals surface area contributed by atoms with Gasteiger partial charge in [-0.15, -0.1) is 0 Å². The summed E-state index contributed by atoms with van der Waals surface area (Å²) in [4.78, 5) is 17.5.